The Labute approximate surface area is 88.3 Å². The third-order valence-corrected chi connectivity index (χ3v) is 3.00. The van der Waals surface area contributed by atoms with Crippen LogP contribution in [0.4, 0.5) is 0 Å². The molecule has 1 aromatic heterocycles. The van der Waals surface area contributed by atoms with E-state index in [1.807, 2.05) is 0 Å². The maximum Gasteiger partial charge on any atom is 0.273 e. The van der Waals surface area contributed by atoms with Gasteiger partial charge < -0.3 is 9.30 Å². The van der Waals surface area contributed by atoms with E-state index in [1.165, 1.54) is 18.7 Å². The summed E-state index contributed by atoms with van der Waals surface area (Å²) in [4.78, 5) is 0. The smallest absolute Gasteiger partial charge is 0.273 e. The predicted octanol–water partition coefficient (Wildman–Crippen LogP) is -0.656. The molecule has 0 saturated heterocycles. The normalized spacial score (nSPS) is 13.1. The van der Waals surface area contributed by atoms with E-state index in [0.29, 0.717) is 5.82 Å². The van der Waals surface area contributed by atoms with E-state index in [9.17, 15) is 8.42 Å². The van der Waals surface area contributed by atoms with Crippen LogP contribution in [0.1, 0.15) is 19.7 Å². The van der Waals surface area contributed by atoms with Gasteiger partial charge in [0.1, 0.15) is 5.60 Å². The van der Waals surface area contributed by atoms with Gasteiger partial charge in [0, 0.05) is 14.2 Å². The monoisotopic (exact) mass is 234 g/mol. The molecule has 0 bridgehead atoms. The summed E-state index contributed by atoms with van der Waals surface area (Å²) in [5, 5.41) is 12.0. The summed E-state index contributed by atoms with van der Waals surface area (Å²) in [5.74, 6) is 0.397. The molecule has 0 aliphatic heterocycles. The number of sulfonamides is 1. The number of rotatable bonds is 3. The average molecular weight is 234 g/mol. The van der Waals surface area contributed by atoms with Gasteiger partial charge in [0.25, 0.3) is 15.2 Å². The fourth-order valence-corrected chi connectivity index (χ4v) is 1.80. The number of aromatic nitrogens is 3. The lowest BCUT2D eigenvalue weighted by Gasteiger charge is -2.21. The molecular formula is C7H14N4O3S. The van der Waals surface area contributed by atoms with Crippen LogP contribution in [0.5, 0.6) is 0 Å². The minimum Gasteiger partial charge on any atom is -0.371 e. The first-order valence-corrected chi connectivity index (χ1v) is 5.72. The Kier molecular flexibility index (Phi) is 2.85. The topological polar surface area (TPSA) is 100 Å². The second kappa shape index (κ2) is 3.54. The van der Waals surface area contributed by atoms with Gasteiger partial charge in [-0.1, -0.05) is 0 Å². The van der Waals surface area contributed by atoms with Gasteiger partial charge in [-0.3, -0.25) is 0 Å². The summed E-state index contributed by atoms with van der Waals surface area (Å²) in [6.45, 7) is 3.51. The molecule has 86 valence electrons. The van der Waals surface area contributed by atoms with Gasteiger partial charge in [-0.25, -0.2) is 13.6 Å². The zero-order valence-electron chi connectivity index (χ0n) is 9.05. The number of primary sulfonamides is 1. The highest BCUT2D eigenvalue weighted by atomic mass is 32.2. The highest BCUT2D eigenvalue weighted by molar-refractivity contribution is 7.89. The largest absolute Gasteiger partial charge is 0.371 e. The highest BCUT2D eigenvalue weighted by Crippen LogP contribution is 2.22. The number of nitrogens with zero attached hydrogens (tertiary/aromatic N) is 3. The van der Waals surface area contributed by atoms with Crippen LogP contribution in [0, 0.1) is 0 Å². The zero-order chi connectivity index (χ0) is 11.9. The SMILES string of the molecule is COC(C)(C)c1nnc(S(N)(=O)=O)n1C. The maximum absolute atomic E-state index is 11.1. The summed E-state index contributed by atoms with van der Waals surface area (Å²) in [5.41, 5.74) is -0.718. The van der Waals surface area contributed by atoms with E-state index in [4.69, 9.17) is 9.88 Å². The third-order valence-electron chi connectivity index (χ3n) is 2.14. The lowest BCUT2D eigenvalue weighted by atomic mass is 10.1. The van der Waals surface area contributed by atoms with Crippen LogP contribution in [-0.4, -0.2) is 30.3 Å². The predicted molar refractivity (Wildman–Crippen MR) is 52.4 cm³/mol. The minimum atomic E-state index is -3.85. The molecule has 1 aromatic rings. The van der Waals surface area contributed by atoms with Crippen molar-refractivity contribution in [2.75, 3.05) is 7.11 Å². The van der Waals surface area contributed by atoms with Gasteiger partial charge in [0.2, 0.25) is 0 Å². The molecule has 7 nitrogen and oxygen atoms in total. The Balaban J connectivity index is 3.34. The first-order valence-electron chi connectivity index (χ1n) is 4.18. The average Bonchev–Trinajstić information content (AvgIpc) is 2.46. The summed E-state index contributed by atoms with van der Waals surface area (Å²) < 4.78 is 28.7. The molecule has 0 saturated carbocycles. The highest BCUT2D eigenvalue weighted by Gasteiger charge is 2.29. The van der Waals surface area contributed by atoms with Crippen LogP contribution < -0.4 is 5.14 Å². The molecule has 0 aliphatic rings. The first-order chi connectivity index (χ1) is 6.70. The van der Waals surface area contributed by atoms with Crippen molar-refractivity contribution in [1.29, 1.82) is 0 Å². The van der Waals surface area contributed by atoms with Crippen LogP contribution in [0.15, 0.2) is 5.16 Å². The molecule has 15 heavy (non-hydrogen) atoms. The number of nitrogens with two attached hydrogens (primary N) is 1. The molecule has 0 radical (unpaired) electrons. The molecule has 0 amide bonds. The Morgan fingerprint density at radius 2 is 1.93 bits per heavy atom. The van der Waals surface area contributed by atoms with Gasteiger partial charge in [0.05, 0.1) is 0 Å². The fraction of sp³-hybridized carbons (Fsp3) is 0.714. The third kappa shape index (κ3) is 2.16. The Bertz CT molecular complexity index is 463. The Morgan fingerprint density at radius 3 is 2.27 bits per heavy atom. The molecule has 8 heteroatoms. The Hall–Kier alpha value is -0.990. The quantitative estimate of drug-likeness (QED) is 0.748. The van der Waals surface area contributed by atoms with Crippen LogP contribution in [0.3, 0.4) is 0 Å². The summed E-state index contributed by atoms with van der Waals surface area (Å²) in [6, 6.07) is 0. The van der Waals surface area contributed by atoms with Crippen molar-refractivity contribution >= 4 is 10.0 Å². The van der Waals surface area contributed by atoms with Crippen molar-refractivity contribution < 1.29 is 13.2 Å². The molecule has 0 unspecified atom stereocenters. The summed E-state index contributed by atoms with van der Waals surface area (Å²) in [7, 11) is -0.818. The van der Waals surface area contributed by atoms with E-state index in [-0.39, 0.29) is 5.16 Å². The van der Waals surface area contributed by atoms with Gasteiger partial charge in [0.15, 0.2) is 5.82 Å². The van der Waals surface area contributed by atoms with E-state index in [0.717, 1.165) is 0 Å². The number of hydrogen-bond acceptors (Lipinski definition) is 5. The molecular weight excluding hydrogens is 220 g/mol. The molecule has 1 heterocycles. The van der Waals surface area contributed by atoms with Gasteiger partial charge in [-0.2, -0.15) is 0 Å². The molecule has 0 aliphatic carbocycles. The molecule has 0 fully saturated rings. The van der Waals surface area contributed by atoms with E-state index < -0.39 is 15.6 Å². The standard InChI is InChI=1S/C7H14N4O3S/c1-7(2,14-4)5-9-10-6(11(5)3)15(8,12)13/h1-4H3,(H2,8,12,13). The van der Waals surface area contributed by atoms with Crippen LogP contribution in [0.25, 0.3) is 0 Å². The van der Waals surface area contributed by atoms with Gasteiger partial charge in [-0.15, -0.1) is 10.2 Å². The van der Waals surface area contributed by atoms with Gasteiger partial charge >= 0.3 is 0 Å². The zero-order valence-corrected chi connectivity index (χ0v) is 9.87. The van der Waals surface area contributed by atoms with Crippen LogP contribution >= 0.6 is 0 Å². The minimum absolute atomic E-state index is 0.275. The lowest BCUT2D eigenvalue weighted by Crippen LogP contribution is -2.25. The molecule has 2 N–H and O–H groups in total. The lowest BCUT2D eigenvalue weighted by molar-refractivity contribution is 0.00858. The number of ether oxygens (including phenoxy) is 1. The molecule has 1 rings (SSSR count). The van der Waals surface area contributed by atoms with Crippen molar-refractivity contribution in [3.63, 3.8) is 0 Å². The number of hydrogen-bond donors (Lipinski definition) is 1. The molecule has 0 atom stereocenters. The van der Waals surface area contributed by atoms with Crippen LogP contribution in [0.2, 0.25) is 0 Å². The molecule has 0 aromatic carbocycles. The first kappa shape index (κ1) is 12.1. The van der Waals surface area contributed by atoms with E-state index in [1.54, 1.807) is 13.8 Å². The second-order valence-electron chi connectivity index (χ2n) is 3.62. The Morgan fingerprint density at radius 1 is 1.40 bits per heavy atom. The fourth-order valence-electron chi connectivity index (χ4n) is 1.18. The maximum atomic E-state index is 11.1. The van der Waals surface area contributed by atoms with Crippen molar-refractivity contribution in [1.82, 2.24) is 14.8 Å². The van der Waals surface area contributed by atoms with Crippen molar-refractivity contribution in [2.24, 2.45) is 12.2 Å². The van der Waals surface area contributed by atoms with Gasteiger partial charge in [-0.05, 0) is 13.8 Å². The van der Waals surface area contributed by atoms with Crippen molar-refractivity contribution in [3.8, 4) is 0 Å². The second-order valence-corrected chi connectivity index (χ2v) is 5.08. The van der Waals surface area contributed by atoms with E-state index in [2.05, 4.69) is 10.2 Å². The van der Waals surface area contributed by atoms with Crippen LogP contribution in [-0.2, 0) is 27.4 Å². The summed E-state index contributed by atoms with van der Waals surface area (Å²) in [6.07, 6.45) is 0. The number of methoxy groups -OCH3 is 1. The van der Waals surface area contributed by atoms with E-state index >= 15 is 0 Å². The summed E-state index contributed by atoms with van der Waals surface area (Å²) >= 11 is 0. The molecule has 0 spiro atoms. The van der Waals surface area contributed by atoms with Crippen molar-refractivity contribution in [2.45, 2.75) is 24.6 Å². The van der Waals surface area contributed by atoms with Crippen molar-refractivity contribution in [3.05, 3.63) is 5.82 Å².